The highest BCUT2D eigenvalue weighted by Gasteiger charge is 2.70. The molecule has 3 amide bonds. The number of anilines is 2. The van der Waals surface area contributed by atoms with E-state index in [0.717, 1.165) is 29.2 Å². The first-order chi connectivity index (χ1) is 16.0. The molecule has 0 radical (unpaired) electrons. The first-order valence-electron chi connectivity index (χ1n) is 10.0. The lowest BCUT2D eigenvalue weighted by molar-refractivity contribution is -0.119. The summed E-state index contributed by atoms with van der Waals surface area (Å²) in [5.41, 5.74) is -6.23. The van der Waals surface area contributed by atoms with Gasteiger partial charge in [-0.15, -0.1) is 0 Å². The predicted octanol–water partition coefficient (Wildman–Crippen LogP) is 3.31. The van der Waals surface area contributed by atoms with Crippen LogP contribution in [0.3, 0.4) is 0 Å². The highest BCUT2D eigenvalue weighted by molar-refractivity contribution is 7.92. The summed E-state index contributed by atoms with van der Waals surface area (Å²) in [6.07, 6.45) is 5.10. The van der Waals surface area contributed by atoms with E-state index in [1.165, 1.54) is 15.8 Å². The number of urea groups is 1. The van der Waals surface area contributed by atoms with Gasteiger partial charge < -0.3 is 0 Å². The standard InChI is InChI=1S/C21H16F3N5O4S/c1-13-12-20(13)18(30)28(14-3-5-16(6-4-14)34(32,33)21(22,23)24)19(31)29(20)15-7-9-25-17(11-15)27-10-2-8-26-27/h2-11,13H,12H2,1H3. The number of pyridine rings is 1. The molecule has 3 aromatic rings. The number of carbonyl (C=O) groups excluding carboxylic acids is 2. The Morgan fingerprint density at radius 3 is 2.29 bits per heavy atom. The second-order valence-electron chi connectivity index (χ2n) is 8.05. The maximum atomic E-state index is 13.4. The van der Waals surface area contributed by atoms with Crippen molar-refractivity contribution in [2.24, 2.45) is 5.92 Å². The second-order valence-corrected chi connectivity index (χ2v) is 10.00. The molecule has 1 aliphatic heterocycles. The molecule has 0 N–H and O–H groups in total. The van der Waals surface area contributed by atoms with Gasteiger partial charge in [0.2, 0.25) is 0 Å². The summed E-state index contributed by atoms with van der Waals surface area (Å²) in [6, 6.07) is 7.67. The van der Waals surface area contributed by atoms with E-state index < -0.39 is 37.7 Å². The van der Waals surface area contributed by atoms with Crippen LogP contribution >= 0.6 is 0 Å². The molecule has 1 saturated carbocycles. The minimum absolute atomic E-state index is 0.0292. The lowest BCUT2D eigenvalue weighted by atomic mass is 10.1. The molecule has 1 spiro atoms. The Morgan fingerprint density at radius 2 is 1.74 bits per heavy atom. The summed E-state index contributed by atoms with van der Waals surface area (Å²) in [5.74, 6) is -0.277. The first-order valence-corrected chi connectivity index (χ1v) is 11.5. The summed E-state index contributed by atoms with van der Waals surface area (Å²) in [7, 11) is -5.56. The van der Waals surface area contributed by atoms with E-state index in [4.69, 9.17) is 0 Å². The Kier molecular flexibility index (Phi) is 4.63. The van der Waals surface area contributed by atoms with Crippen molar-refractivity contribution in [2.45, 2.75) is 29.3 Å². The fourth-order valence-electron chi connectivity index (χ4n) is 4.22. The number of nitrogens with zero attached hydrogens (tertiary/aromatic N) is 5. The zero-order chi connectivity index (χ0) is 24.5. The highest BCUT2D eigenvalue weighted by atomic mass is 32.2. The maximum Gasteiger partial charge on any atom is 0.501 e. The number of rotatable bonds is 4. The summed E-state index contributed by atoms with van der Waals surface area (Å²) in [6.45, 7) is 1.82. The van der Waals surface area contributed by atoms with Gasteiger partial charge in [-0.1, -0.05) is 6.92 Å². The molecule has 1 aliphatic carbocycles. The van der Waals surface area contributed by atoms with Crippen LogP contribution in [-0.4, -0.2) is 46.2 Å². The van der Waals surface area contributed by atoms with Gasteiger partial charge in [-0.05, 0) is 48.7 Å². The monoisotopic (exact) mass is 491 g/mol. The smallest absolute Gasteiger partial charge is 0.278 e. The number of halogens is 3. The molecule has 1 saturated heterocycles. The van der Waals surface area contributed by atoms with Crippen molar-refractivity contribution >= 4 is 33.2 Å². The van der Waals surface area contributed by atoms with Crippen LogP contribution in [0.25, 0.3) is 5.82 Å². The van der Waals surface area contributed by atoms with E-state index in [0.29, 0.717) is 17.9 Å². The molecule has 13 heteroatoms. The van der Waals surface area contributed by atoms with Crippen LogP contribution < -0.4 is 9.80 Å². The summed E-state index contributed by atoms with van der Waals surface area (Å²) < 4.78 is 63.3. The quantitative estimate of drug-likeness (QED) is 0.519. The van der Waals surface area contributed by atoms with Gasteiger partial charge in [0, 0.05) is 24.7 Å². The number of aromatic nitrogens is 3. The molecule has 34 heavy (non-hydrogen) atoms. The lowest BCUT2D eigenvalue weighted by Crippen LogP contribution is -2.39. The van der Waals surface area contributed by atoms with Crippen molar-refractivity contribution in [1.29, 1.82) is 0 Å². The average molecular weight is 491 g/mol. The van der Waals surface area contributed by atoms with Crippen molar-refractivity contribution in [3.05, 3.63) is 61.1 Å². The van der Waals surface area contributed by atoms with Gasteiger partial charge in [0.15, 0.2) is 5.82 Å². The van der Waals surface area contributed by atoms with Crippen molar-refractivity contribution in [1.82, 2.24) is 14.8 Å². The van der Waals surface area contributed by atoms with E-state index in [1.54, 1.807) is 30.6 Å². The number of carbonyl (C=O) groups is 2. The zero-order valence-electron chi connectivity index (χ0n) is 17.5. The molecular weight excluding hydrogens is 475 g/mol. The Bertz CT molecular complexity index is 1410. The van der Waals surface area contributed by atoms with Crippen LogP contribution in [0.1, 0.15) is 13.3 Å². The normalized spacial score (nSPS) is 22.6. The number of hydrogen-bond acceptors (Lipinski definition) is 6. The van der Waals surface area contributed by atoms with Crippen LogP contribution in [0, 0.1) is 5.92 Å². The molecule has 1 aromatic carbocycles. The van der Waals surface area contributed by atoms with Gasteiger partial charge >= 0.3 is 11.5 Å². The van der Waals surface area contributed by atoms with Gasteiger partial charge in [-0.2, -0.15) is 18.3 Å². The van der Waals surface area contributed by atoms with Gasteiger partial charge in [0.1, 0.15) is 5.54 Å². The van der Waals surface area contributed by atoms with Gasteiger partial charge in [-0.25, -0.2) is 27.8 Å². The number of imide groups is 1. The molecule has 5 rings (SSSR count). The van der Waals surface area contributed by atoms with Crippen LogP contribution in [-0.2, 0) is 14.6 Å². The topological polar surface area (TPSA) is 105 Å². The third kappa shape index (κ3) is 3.03. The molecule has 2 unspecified atom stereocenters. The SMILES string of the molecule is CC1CC12C(=O)N(c1ccc(S(=O)(=O)C(F)(F)F)cc1)C(=O)N2c1ccnc(-n2cccn2)c1. The van der Waals surface area contributed by atoms with E-state index in [9.17, 15) is 31.2 Å². The average Bonchev–Trinajstić information content (AvgIpc) is 3.13. The predicted molar refractivity (Wildman–Crippen MR) is 113 cm³/mol. The Balaban J connectivity index is 1.53. The van der Waals surface area contributed by atoms with E-state index in [1.807, 2.05) is 6.92 Å². The van der Waals surface area contributed by atoms with Gasteiger partial charge in [0.25, 0.3) is 15.7 Å². The molecule has 0 bridgehead atoms. The Hall–Kier alpha value is -3.74. The molecular formula is C21H16F3N5O4S. The second kappa shape index (κ2) is 7.13. The van der Waals surface area contributed by atoms with Crippen LogP contribution in [0.5, 0.6) is 0 Å². The summed E-state index contributed by atoms with van der Waals surface area (Å²) >= 11 is 0. The Morgan fingerprint density at radius 1 is 1.06 bits per heavy atom. The largest absolute Gasteiger partial charge is 0.501 e. The molecule has 176 valence electrons. The fraction of sp³-hybridized carbons (Fsp3) is 0.238. The van der Waals surface area contributed by atoms with E-state index >= 15 is 0 Å². The maximum absolute atomic E-state index is 13.4. The molecule has 2 aliphatic rings. The molecule has 2 aromatic heterocycles. The van der Waals surface area contributed by atoms with Crippen molar-refractivity contribution in [3.63, 3.8) is 0 Å². The van der Waals surface area contributed by atoms with Crippen LogP contribution in [0.4, 0.5) is 29.3 Å². The van der Waals surface area contributed by atoms with Crippen LogP contribution in [0.2, 0.25) is 0 Å². The molecule has 9 nitrogen and oxygen atoms in total. The third-order valence-electron chi connectivity index (χ3n) is 6.06. The summed E-state index contributed by atoms with van der Waals surface area (Å²) in [4.78, 5) is 32.3. The number of benzene rings is 1. The molecule has 2 fully saturated rings. The lowest BCUT2D eigenvalue weighted by Gasteiger charge is -2.22. The van der Waals surface area contributed by atoms with E-state index in [2.05, 4.69) is 10.1 Å². The molecule has 3 heterocycles. The minimum atomic E-state index is -5.56. The van der Waals surface area contributed by atoms with Crippen molar-refractivity contribution in [2.75, 3.05) is 9.80 Å². The minimum Gasteiger partial charge on any atom is -0.278 e. The number of sulfone groups is 1. The number of hydrogen-bond donors (Lipinski definition) is 0. The van der Waals surface area contributed by atoms with Gasteiger partial charge in [-0.3, -0.25) is 9.69 Å². The highest BCUT2D eigenvalue weighted by Crippen LogP contribution is 2.55. The van der Waals surface area contributed by atoms with Crippen LogP contribution in [0.15, 0.2) is 66.0 Å². The Labute approximate surface area is 191 Å². The number of alkyl halides is 3. The summed E-state index contributed by atoms with van der Waals surface area (Å²) in [5, 5.41) is 4.11. The third-order valence-corrected chi connectivity index (χ3v) is 7.57. The van der Waals surface area contributed by atoms with Crippen molar-refractivity contribution in [3.8, 4) is 5.82 Å². The molecule has 2 atom stereocenters. The van der Waals surface area contributed by atoms with E-state index in [-0.39, 0.29) is 11.6 Å². The fourth-order valence-corrected chi connectivity index (χ4v) is 4.98. The zero-order valence-corrected chi connectivity index (χ0v) is 18.3. The van der Waals surface area contributed by atoms with Gasteiger partial charge in [0.05, 0.1) is 16.3 Å². The number of amides is 3. The van der Waals surface area contributed by atoms with Crippen molar-refractivity contribution < 1.29 is 31.2 Å². The first kappa shape index (κ1) is 22.1.